The first-order chi connectivity index (χ1) is 17.8. The highest BCUT2D eigenvalue weighted by Gasteiger charge is 2.17. The molecule has 0 saturated heterocycles. The van der Waals surface area contributed by atoms with Gasteiger partial charge < -0.3 is 4.98 Å². The molecule has 5 aromatic heterocycles. The number of H-pyrrole nitrogens is 2. The van der Waals surface area contributed by atoms with Crippen LogP contribution in [-0.4, -0.2) is 49.8 Å². The molecule has 12 heteroatoms. The maximum atomic E-state index is 14.5. The number of benzene rings is 1. The topological polar surface area (TPSA) is 142 Å². The number of aromatic nitrogens is 7. The summed E-state index contributed by atoms with van der Waals surface area (Å²) in [5.74, 6) is 0.0164. The van der Waals surface area contributed by atoms with Crippen LogP contribution in [0.1, 0.15) is 5.56 Å². The number of rotatable bonds is 6. The monoisotopic (exact) mass is 514 g/mol. The van der Waals surface area contributed by atoms with Crippen LogP contribution in [0, 0.1) is 5.82 Å². The fourth-order valence-electron chi connectivity index (χ4n) is 4.16. The van der Waals surface area contributed by atoms with E-state index in [0.29, 0.717) is 39.2 Å². The van der Waals surface area contributed by atoms with Gasteiger partial charge in [-0.3, -0.25) is 20.1 Å². The third kappa shape index (κ3) is 4.55. The number of halogens is 1. The summed E-state index contributed by atoms with van der Waals surface area (Å²) in [5.41, 5.74) is 5.87. The van der Waals surface area contributed by atoms with Crippen LogP contribution in [0.4, 0.5) is 4.39 Å². The molecule has 0 aliphatic heterocycles. The molecule has 10 nitrogen and oxygen atoms in total. The van der Waals surface area contributed by atoms with Gasteiger partial charge in [0.25, 0.3) is 0 Å². The zero-order chi connectivity index (χ0) is 25.6. The predicted octanol–water partition coefficient (Wildman–Crippen LogP) is 3.81. The molecule has 6 rings (SSSR count). The van der Waals surface area contributed by atoms with Crippen molar-refractivity contribution in [2.75, 3.05) is 6.26 Å². The Hall–Kier alpha value is -4.55. The van der Waals surface area contributed by atoms with Crippen LogP contribution in [0.15, 0.2) is 67.4 Å². The van der Waals surface area contributed by atoms with Crippen molar-refractivity contribution in [3.05, 3.63) is 78.8 Å². The zero-order valence-corrected chi connectivity index (χ0v) is 20.2. The Labute approximate surface area is 210 Å². The van der Waals surface area contributed by atoms with Crippen molar-refractivity contribution in [2.24, 2.45) is 0 Å². The molecule has 184 valence electrons. The molecule has 0 amide bonds. The van der Waals surface area contributed by atoms with Gasteiger partial charge in [0.05, 0.1) is 40.9 Å². The number of hydrogen-bond acceptors (Lipinski definition) is 7. The summed E-state index contributed by atoms with van der Waals surface area (Å²) >= 11 is 0. The van der Waals surface area contributed by atoms with E-state index >= 15 is 0 Å². The highest BCUT2D eigenvalue weighted by molar-refractivity contribution is 7.88. The van der Waals surface area contributed by atoms with E-state index in [0.717, 1.165) is 28.4 Å². The highest BCUT2D eigenvalue weighted by atomic mass is 32.2. The minimum Gasteiger partial charge on any atom is -0.335 e. The third-order valence-corrected chi connectivity index (χ3v) is 6.52. The van der Waals surface area contributed by atoms with E-state index in [-0.39, 0.29) is 6.54 Å². The molecule has 0 fully saturated rings. The average Bonchev–Trinajstić information content (AvgIpc) is 3.51. The number of hydrogen-bond donors (Lipinski definition) is 3. The Morgan fingerprint density at radius 3 is 2.62 bits per heavy atom. The molecule has 0 bridgehead atoms. The van der Waals surface area contributed by atoms with Gasteiger partial charge in [-0.15, -0.1) is 0 Å². The Morgan fingerprint density at radius 2 is 1.81 bits per heavy atom. The number of nitrogens with one attached hydrogen (secondary N) is 3. The summed E-state index contributed by atoms with van der Waals surface area (Å²) in [6.07, 6.45) is 9.43. The Kier molecular flexibility index (Phi) is 5.46. The normalized spacial score (nSPS) is 11.9. The quantitative estimate of drug-likeness (QED) is 0.307. The summed E-state index contributed by atoms with van der Waals surface area (Å²) < 4.78 is 39.8. The van der Waals surface area contributed by atoms with E-state index in [1.54, 1.807) is 37.1 Å². The molecule has 0 atom stereocenters. The van der Waals surface area contributed by atoms with Crippen molar-refractivity contribution in [3.8, 4) is 33.9 Å². The van der Waals surface area contributed by atoms with Crippen molar-refractivity contribution < 1.29 is 12.8 Å². The Balaban J connectivity index is 1.44. The maximum absolute atomic E-state index is 14.5. The first-order valence-electron chi connectivity index (χ1n) is 11.2. The highest BCUT2D eigenvalue weighted by Crippen LogP contribution is 2.32. The smallest absolute Gasteiger partial charge is 0.209 e. The van der Waals surface area contributed by atoms with E-state index in [2.05, 4.69) is 34.9 Å². The molecule has 6 aromatic rings. The molecule has 37 heavy (non-hydrogen) atoms. The Morgan fingerprint density at radius 1 is 0.973 bits per heavy atom. The second kappa shape index (κ2) is 8.84. The maximum Gasteiger partial charge on any atom is 0.209 e. The van der Waals surface area contributed by atoms with E-state index < -0.39 is 15.8 Å². The lowest BCUT2D eigenvalue weighted by Gasteiger charge is -2.07. The molecule has 0 unspecified atom stereocenters. The van der Waals surface area contributed by atoms with Gasteiger partial charge in [0.2, 0.25) is 10.0 Å². The molecule has 0 aliphatic rings. The van der Waals surface area contributed by atoms with Crippen molar-refractivity contribution in [2.45, 2.75) is 6.54 Å². The van der Waals surface area contributed by atoms with E-state index in [1.165, 1.54) is 12.1 Å². The molecule has 0 spiro atoms. The number of pyridine rings is 3. The summed E-state index contributed by atoms with van der Waals surface area (Å²) in [6.45, 7) is -0.0358. The minimum atomic E-state index is -3.43. The van der Waals surface area contributed by atoms with Crippen molar-refractivity contribution in [1.82, 2.24) is 39.8 Å². The second-order valence-electron chi connectivity index (χ2n) is 8.53. The SMILES string of the molecule is CS(=O)(=O)NCc1cc(F)cc(-c2cncc3[nH]c(-c4n[nH]c5cnc(-c6ccncc6)cc45)nc23)c1. The number of imidazole rings is 1. The number of nitrogens with zero attached hydrogens (tertiary/aromatic N) is 5. The Bertz CT molecular complexity index is 1880. The average molecular weight is 515 g/mol. The zero-order valence-electron chi connectivity index (χ0n) is 19.4. The molecule has 3 N–H and O–H groups in total. The van der Waals surface area contributed by atoms with E-state index in [1.807, 2.05) is 18.2 Å². The van der Waals surface area contributed by atoms with E-state index in [9.17, 15) is 12.8 Å². The molecule has 0 radical (unpaired) electrons. The van der Waals surface area contributed by atoms with Gasteiger partial charge in [0, 0.05) is 41.6 Å². The number of aromatic amines is 2. The number of fused-ring (bicyclic) bond motifs is 2. The van der Waals surface area contributed by atoms with Crippen molar-refractivity contribution in [1.29, 1.82) is 0 Å². The van der Waals surface area contributed by atoms with Crippen molar-refractivity contribution in [3.63, 3.8) is 0 Å². The lowest BCUT2D eigenvalue weighted by atomic mass is 10.0. The van der Waals surface area contributed by atoms with Crippen LogP contribution in [0.3, 0.4) is 0 Å². The summed E-state index contributed by atoms with van der Waals surface area (Å²) in [4.78, 5) is 20.9. The largest absolute Gasteiger partial charge is 0.335 e. The van der Waals surface area contributed by atoms with Crippen molar-refractivity contribution >= 4 is 32.0 Å². The lowest BCUT2D eigenvalue weighted by molar-refractivity contribution is 0.586. The van der Waals surface area contributed by atoms with Gasteiger partial charge in [-0.25, -0.2) is 22.5 Å². The van der Waals surface area contributed by atoms with Gasteiger partial charge in [-0.05, 0) is 47.5 Å². The van der Waals surface area contributed by atoms with Gasteiger partial charge >= 0.3 is 0 Å². The van der Waals surface area contributed by atoms with Crippen LogP contribution in [0.2, 0.25) is 0 Å². The summed E-state index contributed by atoms with van der Waals surface area (Å²) in [7, 11) is -3.43. The summed E-state index contributed by atoms with van der Waals surface area (Å²) in [6, 6.07) is 10.1. The molecular formula is C25H19FN8O2S. The van der Waals surface area contributed by atoms with Crippen LogP contribution in [0.25, 0.3) is 55.8 Å². The lowest BCUT2D eigenvalue weighted by Crippen LogP contribution is -2.21. The predicted molar refractivity (Wildman–Crippen MR) is 137 cm³/mol. The van der Waals surface area contributed by atoms with Gasteiger partial charge in [0.15, 0.2) is 5.82 Å². The summed E-state index contributed by atoms with van der Waals surface area (Å²) in [5, 5.41) is 8.28. The van der Waals surface area contributed by atoms with E-state index in [4.69, 9.17) is 4.98 Å². The fraction of sp³-hybridized carbons (Fsp3) is 0.0800. The van der Waals surface area contributed by atoms with Crippen LogP contribution in [-0.2, 0) is 16.6 Å². The first-order valence-corrected chi connectivity index (χ1v) is 13.1. The third-order valence-electron chi connectivity index (χ3n) is 5.85. The first kappa shape index (κ1) is 22.9. The van der Waals surface area contributed by atoms with Crippen LogP contribution in [0.5, 0.6) is 0 Å². The van der Waals surface area contributed by atoms with Crippen LogP contribution < -0.4 is 4.72 Å². The van der Waals surface area contributed by atoms with Gasteiger partial charge in [-0.2, -0.15) is 5.10 Å². The fourth-order valence-corrected chi connectivity index (χ4v) is 4.59. The second-order valence-corrected chi connectivity index (χ2v) is 10.4. The molecule has 5 heterocycles. The van der Waals surface area contributed by atoms with Gasteiger partial charge in [-0.1, -0.05) is 0 Å². The molecular weight excluding hydrogens is 495 g/mol. The number of sulfonamides is 1. The minimum absolute atomic E-state index is 0.0358. The standard InChI is InChI=1S/C25H19FN8O2S/c1-37(35,36)30-10-14-6-16(8-17(26)7-14)19-11-28-12-22-23(19)32-25(31-22)24-18-9-20(15-2-4-27-5-3-15)29-13-21(18)33-34-24/h2-9,11-13,30H,10H2,1H3,(H,31,32)(H,33,34). The molecule has 0 saturated carbocycles. The van der Waals surface area contributed by atoms with Gasteiger partial charge in [0.1, 0.15) is 11.5 Å². The molecule has 1 aromatic carbocycles. The molecule has 0 aliphatic carbocycles. The van der Waals surface area contributed by atoms with Crippen LogP contribution >= 0.6 is 0 Å².